The van der Waals surface area contributed by atoms with Gasteiger partial charge in [-0.05, 0) is 6.42 Å². The third kappa shape index (κ3) is 25.5. The normalized spacial score (nSPS) is 11.1. The molecule has 0 aromatic heterocycles. The van der Waals surface area contributed by atoms with Gasteiger partial charge in [0.25, 0.3) is 0 Å². The fourth-order valence-electron chi connectivity index (χ4n) is 4.29. The standard InChI is InChI=1S/C27H55NO2/c1-2-3-4-5-6-7-8-9-10-11-12-13-14-15-16-17-18-19-20-21-22-23-24-25-26-27(29)30-28/h2-26,28H2,1H3. The predicted molar refractivity (Wildman–Crippen MR) is 131 cm³/mol. The first-order chi connectivity index (χ1) is 14.8. The second-order valence-electron chi connectivity index (χ2n) is 9.37. The number of rotatable bonds is 25. The van der Waals surface area contributed by atoms with E-state index < -0.39 is 0 Å². The summed E-state index contributed by atoms with van der Waals surface area (Å²) in [6.07, 6.45) is 33.8. The monoisotopic (exact) mass is 425 g/mol. The molecule has 0 bridgehead atoms. The molecule has 3 nitrogen and oxygen atoms in total. The molecule has 0 unspecified atom stereocenters. The largest absolute Gasteiger partial charge is 0.373 e. The van der Waals surface area contributed by atoms with Gasteiger partial charge in [0.2, 0.25) is 0 Å². The van der Waals surface area contributed by atoms with Crippen LogP contribution in [-0.2, 0) is 9.63 Å². The molecule has 0 aliphatic heterocycles. The van der Waals surface area contributed by atoms with Crippen LogP contribution >= 0.6 is 0 Å². The van der Waals surface area contributed by atoms with E-state index in [2.05, 4.69) is 11.8 Å². The molecule has 0 heterocycles. The fourth-order valence-corrected chi connectivity index (χ4v) is 4.29. The number of nitrogens with two attached hydrogens (primary N) is 1. The summed E-state index contributed by atoms with van der Waals surface area (Å²) in [5.41, 5.74) is 0. The van der Waals surface area contributed by atoms with E-state index in [0.29, 0.717) is 6.42 Å². The van der Waals surface area contributed by atoms with Crippen LogP contribution in [0.1, 0.15) is 167 Å². The summed E-state index contributed by atoms with van der Waals surface area (Å²) in [5.74, 6) is 4.54. The van der Waals surface area contributed by atoms with Crippen LogP contribution in [-0.4, -0.2) is 5.97 Å². The minimum atomic E-state index is -0.284. The first-order valence-electron chi connectivity index (χ1n) is 13.7. The highest BCUT2D eigenvalue weighted by Crippen LogP contribution is 2.15. The number of carbonyl (C=O) groups is 1. The van der Waals surface area contributed by atoms with Gasteiger partial charge in [-0.25, -0.2) is 0 Å². The van der Waals surface area contributed by atoms with Gasteiger partial charge in [0.15, 0.2) is 0 Å². The Bertz CT molecular complexity index is 333. The van der Waals surface area contributed by atoms with Crippen molar-refractivity contribution in [2.24, 2.45) is 5.90 Å². The molecule has 0 saturated carbocycles. The molecule has 0 atom stereocenters. The van der Waals surface area contributed by atoms with E-state index in [4.69, 9.17) is 5.90 Å². The molecular formula is C27H55NO2. The molecule has 0 aliphatic carbocycles. The number of hydrogen-bond donors (Lipinski definition) is 1. The Labute approximate surface area is 189 Å². The van der Waals surface area contributed by atoms with Gasteiger partial charge >= 0.3 is 5.97 Å². The van der Waals surface area contributed by atoms with E-state index in [1.54, 1.807) is 0 Å². The van der Waals surface area contributed by atoms with Gasteiger partial charge in [0, 0.05) is 6.42 Å². The number of carbonyl (C=O) groups excluding carboxylic acids is 1. The second kappa shape index (κ2) is 26.5. The lowest BCUT2D eigenvalue weighted by Crippen LogP contribution is -2.08. The maximum absolute atomic E-state index is 10.9. The molecule has 0 radical (unpaired) electrons. The molecular weight excluding hydrogens is 370 g/mol. The summed E-state index contributed by atoms with van der Waals surface area (Å²) in [6.45, 7) is 2.29. The third-order valence-corrected chi connectivity index (χ3v) is 6.37. The van der Waals surface area contributed by atoms with Crippen LogP contribution in [0.4, 0.5) is 0 Å². The topological polar surface area (TPSA) is 52.3 Å². The lowest BCUT2D eigenvalue weighted by molar-refractivity contribution is -0.144. The van der Waals surface area contributed by atoms with Crippen molar-refractivity contribution in [1.82, 2.24) is 0 Å². The Balaban J connectivity index is 3.01. The summed E-state index contributed by atoms with van der Waals surface area (Å²) in [7, 11) is 0. The average molecular weight is 426 g/mol. The quantitative estimate of drug-likeness (QED) is 0.117. The highest BCUT2D eigenvalue weighted by atomic mass is 16.7. The van der Waals surface area contributed by atoms with Crippen LogP contribution in [0.15, 0.2) is 0 Å². The molecule has 3 heteroatoms. The predicted octanol–water partition coefficient (Wildman–Crippen LogP) is 9.18. The molecule has 180 valence electrons. The zero-order valence-electron chi connectivity index (χ0n) is 20.6. The van der Waals surface area contributed by atoms with Crippen LogP contribution < -0.4 is 5.90 Å². The molecule has 0 aliphatic rings. The van der Waals surface area contributed by atoms with E-state index in [1.165, 1.54) is 141 Å². The molecule has 0 aromatic rings. The average Bonchev–Trinajstić information content (AvgIpc) is 2.76. The molecule has 0 saturated heterocycles. The van der Waals surface area contributed by atoms with Gasteiger partial charge in [-0.3, -0.25) is 4.79 Å². The van der Waals surface area contributed by atoms with Crippen molar-refractivity contribution in [3.8, 4) is 0 Å². The Morgan fingerprint density at radius 1 is 0.467 bits per heavy atom. The van der Waals surface area contributed by atoms with Crippen molar-refractivity contribution in [3.63, 3.8) is 0 Å². The van der Waals surface area contributed by atoms with Crippen molar-refractivity contribution in [2.45, 2.75) is 167 Å². The molecule has 0 aromatic carbocycles. The summed E-state index contributed by atoms with van der Waals surface area (Å²) in [4.78, 5) is 15.1. The Morgan fingerprint density at radius 2 is 0.700 bits per heavy atom. The Morgan fingerprint density at radius 3 is 0.933 bits per heavy atom. The van der Waals surface area contributed by atoms with Crippen LogP contribution in [0.5, 0.6) is 0 Å². The van der Waals surface area contributed by atoms with Crippen molar-refractivity contribution >= 4 is 5.97 Å². The number of hydrogen-bond acceptors (Lipinski definition) is 3. The lowest BCUT2D eigenvalue weighted by atomic mass is 10.0. The first kappa shape index (κ1) is 29.4. The van der Waals surface area contributed by atoms with Gasteiger partial charge in [0.05, 0.1) is 0 Å². The van der Waals surface area contributed by atoms with Crippen LogP contribution in [0, 0.1) is 0 Å². The second-order valence-corrected chi connectivity index (χ2v) is 9.37. The molecule has 2 N–H and O–H groups in total. The smallest absolute Gasteiger partial charge is 0.324 e. The molecule has 30 heavy (non-hydrogen) atoms. The fraction of sp³-hybridized carbons (Fsp3) is 0.963. The zero-order valence-corrected chi connectivity index (χ0v) is 20.6. The summed E-state index contributed by atoms with van der Waals surface area (Å²) >= 11 is 0. The molecule has 0 amide bonds. The van der Waals surface area contributed by atoms with Crippen molar-refractivity contribution in [3.05, 3.63) is 0 Å². The maximum Gasteiger partial charge on any atom is 0.324 e. The lowest BCUT2D eigenvalue weighted by Gasteiger charge is -2.04. The van der Waals surface area contributed by atoms with Gasteiger partial charge in [0.1, 0.15) is 0 Å². The van der Waals surface area contributed by atoms with Crippen molar-refractivity contribution in [1.29, 1.82) is 0 Å². The molecule has 0 rings (SSSR count). The minimum Gasteiger partial charge on any atom is -0.373 e. The van der Waals surface area contributed by atoms with E-state index in [1.807, 2.05) is 0 Å². The van der Waals surface area contributed by atoms with Crippen LogP contribution in [0.2, 0.25) is 0 Å². The first-order valence-corrected chi connectivity index (χ1v) is 13.7. The van der Waals surface area contributed by atoms with Gasteiger partial charge in [-0.2, -0.15) is 5.90 Å². The van der Waals surface area contributed by atoms with Crippen molar-refractivity contribution < 1.29 is 9.63 Å². The SMILES string of the molecule is CCCCCCCCCCCCCCCCCCCCCCCCCCC(=O)ON. The number of unbranched alkanes of at least 4 members (excludes halogenated alkanes) is 23. The van der Waals surface area contributed by atoms with Crippen LogP contribution in [0.25, 0.3) is 0 Å². The Kier molecular flexibility index (Phi) is 26.0. The maximum atomic E-state index is 10.9. The minimum absolute atomic E-state index is 0.284. The van der Waals surface area contributed by atoms with Crippen molar-refractivity contribution in [2.75, 3.05) is 0 Å². The summed E-state index contributed by atoms with van der Waals surface area (Å²) in [6, 6.07) is 0. The zero-order chi connectivity index (χ0) is 22.0. The highest BCUT2D eigenvalue weighted by Gasteiger charge is 2.00. The van der Waals surface area contributed by atoms with E-state index in [-0.39, 0.29) is 5.97 Å². The molecule has 0 spiro atoms. The summed E-state index contributed by atoms with van der Waals surface area (Å²) in [5, 5.41) is 0. The summed E-state index contributed by atoms with van der Waals surface area (Å²) < 4.78 is 0. The van der Waals surface area contributed by atoms with Gasteiger partial charge < -0.3 is 4.84 Å². The van der Waals surface area contributed by atoms with E-state index in [0.717, 1.165) is 12.8 Å². The third-order valence-electron chi connectivity index (χ3n) is 6.37. The van der Waals surface area contributed by atoms with E-state index >= 15 is 0 Å². The Hall–Kier alpha value is -0.570. The van der Waals surface area contributed by atoms with Gasteiger partial charge in [-0.1, -0.05) is 155 Å². The van der Waals surface area contributed by atoms with Crippen LogP contribution in [0.3, 0.4) is 0 Å². The van der Waals surface area contributed by atoms with Gasteiger partial charge in [-0.15, -0.1) is 0 Å². The highest BCUT2D eigenvalue weighted by molar-refractivity contribution is 5.68. The van der Waals surface area contributed by atoms with E-state index in [9.17, 15) is 4.79 Å². The molecule has 0 fully saturated rings.